The molecule has 1 fully saturated rings. The first kappa shape index (κ1) is 12.0. The predicted molar refractivity (Wildman–Crippen MR) is 66.6 cm³/mol. The second kappa shape index (κ2) is 6.35. The van der Waals surface area contributed by atoms with E-state index >= 15 is 0 Å². The molecule has 17 heavy (non-hydrogen) atoms. The van der Waals surface area contributed by atoms with Crippen LogP contribution < -0.4 is 10.6 Å². The van der Waals surface area contributed by atoms with Gasteiger partial charge >= 0.3 is 0 Å². The zero-order valence-electron chi connectivity index (χ0n) is 9.98. The average Bonchev–Trinajstić information content (AvgIpc) is 2.41. The molecule has 1 atom stereocenters. The van der Waals surface area contributed by atoms with E-state index < -0.39 is 0 Å². The molecule has 1 saturated heterocycles. The van der Waals surface area contributed by atoms with Crippen LogP contribution in [0.4, 0.5) is 0 Å². The van der Waals surface area contributed by atoms with Crippen molar-refractivity contribution in [1.29, 1.82) is 0 Å². The molecule has 0 aromatic carbocycles. The zero-order chi connectivity index (χ0) is 11.9. The summed E-state index contributed by atoms with van der Waals surface area (Å²) in [5.74, 6) is 0.126. The number of aromatic nitrogens is 1. The third kappa shape index (κ3) is 3.82. The van der Waals surface area contributed by atoms with Gasteiger partial charge in [0.2, 0.25) is 5.91 Å². The highest BCUT2D eigenvalue weighted by Gasteiger charge is 2.19. The molecule has 2 rings (SSSR count). The summed E-state index contributed by atoms with van der Waals surface area (Å²) in [5, 5.41) is 6.20. The molecule has 1 aliphatic rings. The Labute approximate surface area is 102 Å². The Morgan fingerprint density at radius 2 is 2.41 bits per heavy atom. The topological polar surface area (TPSA) is 54.0 Å². The van der Waals surface area contributed by atoms with Crippen LogP contribution >= 0.6 is 0 Å². The first-order valence-corrected chi connectivity index (χ1v) is 6.27. The molecule has 0 aliphatic carbocycles. The van der Waals surface area contributed by atoms with Gasteiger partial charge in [-0.05, 0) is 31.5 Å². The van der Waals surface area contributed by atoms with E-state index in [1.165, 1.54) is 6.42 Å². The molecule has 0 bridgehead atoms. The van der Waals surface area contributed by atoms with Crippen LogP contribution in [0.15, 0.2) is 24.4 Å². The highest BCUT2D eigenvalue weighted by molar-refractivity contribution is 5.81. The molecule has 1 aliphatic heterocycles. The van der Waals surface area contributed by atoms with Crippen LogP contribution in [0.2, 0.25) is 0 Å². The van der Waals surface area contributed by atoms with Crippen LogP contribution in [0.5, 0.6) is 0 Å². The van der Waals surface area contributed by atoms with Gasteiger partial charge in [0.15, 0.2) is 0 Å². The van der Waals surface area contributed by atoms with E-state index in [0.29, 0.717) is 6.54 Å². The van der Waals surface area contributed by atoms with Crippen LogP contribution in [0.3, 0.4) is 0 Å². The maximum Gasteiger partial charge on any atom is 0.237 e. The van der Waals surface area contributed by atoms with E-state index in [2.05, 4.69) is 15.6 Å². The highest BCUT2D eigenvalue weighted by Crippen LogP contribution is 2.06. The Balaban J connectivity index is 1.69. The number of nitrogens with one attached hydrogen (secondary N) is 2. The average molecular weight is 233 g/mol. The van der Waals surface area contributed by atoms with Gasteiger partial charge in [0.25, 0.3) is 0 Å². The van der Waals surface area contributed by atoms with Gasteiger partial charge in [0.1, 0.15) is 0 Å². The second-order valence-electron chi connectivity index (χ2n) is 4.36. The SMILES string of the molecule is O=C(NCCc1ccccn1)[C@@H]1CCCCN1. The van der Waals surface area contributed by atoms with Crippen LogP contribution in [0, 0.1) is 0 Å². The van der Waals surface area contributed by atoms with Gasteiger partial charge in [-0.1, -0.05) is 12.5 Å². The van der Waals surface area contributed by atoms with Crippen molar-refractivity contribution in [1.82, 2.24) is 15.6 Å². The number of pyridine rings is 1. The van der Waals surface area contributed by atoms with E-state index in [1.54, 1.807) is 6.20 Å². The molecule has 4 nitrogen and oxygen atoms in total. The van der Waals surface area contributed by atoms with Crippen LogP contribution in [0.1, 0.15) is 25.0 Å². The fraction of sp³-hybridized carbons (Fsp3) is 0.538. The van der Waals surface area contributed by atoms with Crippen molar-refractivity contribution < 1.29 is 4.79 Å². The maximum atomic E-state index is 11.8. The summed E-state index contributed by atoms with van der Waals surface area (Å²) in [6.07, 6.45) is 5.84. The summed E-state index contributed by atoms with van der Waals surface area (Å²) < 4.78 is 0. The van der Waals surface area contributed by atoms with Crippen molar-refractivity contribution >= 4 is 5.91 Å². The van der Waals surface area contributed by atoms with Crippen molar-refractivity contribution in [2.24, 2.45) is 0 Å². The van der Waals surface area contributed by atoms with Gasteiger partial charge < -0.3 is 10.6 Å². The normalized spacial score (nSPS) is 19.9. The summed E-state index contributed by atoms with van der Waals surface area (Å²) in [7, 11) is 0. The lowest BCUT2D eigenvalue weighted by Gasteiger charge is -2.22. The van der Waals surface area contributed by atoms with E-state index in [-0.39, 0.29) is 11.9 Å². The third-order valence-electron chi connectivity index (χ3n) is 3.03. The minimum Gasteiger partial charge on any atom is -0.354 e. The van der Waals surface area contributed by atoms with Crippen molar-refractivity contribution in [2.75, 3.05) is 13.1 Å². The molecule has 1 aromatic heterocycles. The molecule has 2 N–H and O–H groups in total. The molecular weight excluding hydrogens is 214 g/mol. The lowest BCUT2D eigenvalue weighted by atomic mass is 10.0. The largest absolute Gasteiger partial charge is 0.354 e. The second-order valence-corrected chi connectivity index (χ2v) is 4.36. The summed E-state index contributed by atoms with van der Waals surface area (Å²) in [4.78, 5) is 16.0. The molecule has 0 unspecified atom stereocenters. The fourth-order valence-electron chi connectivity index (χ4n) is 2.06. The fourth-order valence-corrected chi connectivity index (χ4v) is 2.06. The Kier molecular flexibility index (Phi) is 4.50. The van der Waals surface area contributed by atoms with Gasteiger partial charge in [0, 0.05) is 24.9 Å². The third-order valence-corrected chi connectivity index (χ3v) is 3.03. The van der Waals surface area contributed by atoms with Crippen LogP contribution in [0.25, 0.3) is 0 Å². The molecular formula is C13H19N3O. The number of amides is 1. The van der Waals surface area contributed by atoms with E-state index in [1.807, 2.05) is 18.2 Å². The Hall–Kier alpha value is -1.42. The lowest BCUT2D eigenvalue weighted by molar-refractivity contribution is -0.123. The number of rotatable bonds is 4. The lowest BCUT2D eigenvalue weighted by Crippen LogP contribution is -2.47. The number of carbonyl (C=O) groups is 1. The van der Waals surface area contributed by atoms with Crippen molar-refractivity contribution in [3.8, 4) is 0 Å². The molecule has 2 heterocycles. The number of nitrogens with zero attached hydrogens (tertiary/aromatic N) is 1. The van der Waals surface area contributed by atoms with Crippen molar-refractivity contribution in [3.63, 3.8) is 0 Å². The van der Waals surface area contributed by atoms with E-state index in [9.17, 15) is 4.79 Å². The minimum absolute atomic E-state index is 0.00693. The Morgan fingerprint density at radius 3 is 3.12 bits per heavy atom. The van der Waals surface area contributed by atoms with Crippen molar-refractivity contribution in [3.05, 3.63) is 30.1 Å². The number of carbonyl (C=O) groups excluding carboxylic acids is 1. The first-order valence-electron chi connectivity index (χ1n) is 6.27. The van der Waals surface area contributed by atoms with Gasteiger partial charge in [0.05, 0.1) is 6.04 Å². The molecule has 0 spiro atoms. The van der Waals surface area contributed by atoms with Gasteiger partial charge in [-0.25, -0.2) is 0 Å². The number of hydrogen-bond acceptors (Lipinski definition) is 3. The molecule has 0 radical (unpaired) electrons. The highest BCUT2D eigenvalue weighted by atomic mass is 16.2. The summed E-state index contributed by atoms with van der Waals surface area (Å²) >= 11 is 0. The molecule has 1 amide bonds. The monoisotopic (exact) mass is 233 g/mol. The Morgan fingerprint density at radius 1 is 1.47 bits per heavy atom. The van der Waals surface area contributed by atoms with Gasteiger partial charge in [-0.15, -0.1) is 0 Å². The quantitative estimate of drug-likeness (QED) is 0.812. The summed E-state index contributed by atoms with van der Waals surface area (Å²) in [6.45, 7) is 1.62. The maximum absolute atomic E-state index is 11.8. The molecule has 4 heteroatoms. The number of hydrogen-bond donors (Lipinski definition) is 2. The molecule has 92 valence electrons. The van der Waals surface area contributed by atoms with E-state index in [0.717, 1.165) is 31.5 Å². The van der Waals surface area contributed by atoms with Gasteiger partial charge in [-0.3, -0.25) is 9.78 Å². The smallest absolute Gasteiger partial charge is 0.237 e. The predicted octanol–water partition coefficient (Wildman–Crippen LogP) is 0.882. The first-order chi connectivity index (χ1) is 8.36. The molecule has 1 aromatic rings. The van der Waals surface area contributed by atoms with Gasteiger partial charge in [-0.2, -0.15) is 0 Å². The van der Waals surface area contributed by atoms with E-state index in [4.69, 9.17) is 0 Å². The standard InChI is InChI=1S/C13H19N3O/c17-13(12-6-2-4-9-15-12)16-10-7-11-5-1-3-8-14-11/h1,3,5,8,12,15H,2,4,6-7,9-10H2,(H,16,17)/t12-/m0/s1. The van der Waals surface area contributed by atoms with Crippen LogP contribution in [-0.2, 0) is 11.2 Å². The Bertz CT molecular complexity index is 347. The number of piperidine rings is 1. The minimum atomic E-state index is 0.00693. The molecule has 0 saturated carbocycles. The van der Waals surface area contributed by atoms with Crippen molar-refractivity contribution in [2.45, 2.75) is 31.7 Å². The van der Waals surface area contributed by atoms with Crippen LogP contribution in [-0.4, -0.2) is 30.0 Å². The zero-order valence-corrected chi connectivity index (χ0v) is 9.98. The summed E-state index contributed by atoms with van der Waals surface area (Å²) in [6, 6.07) is 5.85. The summed E-state index contributed by atoms with van der Waals surface area (Å²) in [5.41, 5.74) is 1.02.